The number of aromatic amines is 1. The lowest BCUT2D eigenvalue weighted by Gasteiger charge is -2.22. The summed E-state index contributed by atoms with van der Waals surface area (Å²) in [4.78, 5) is 26.5. The first-order valence-electron chi connectivity index (χ1n) is 35.5. The molecule has 3 heterocycles. The van der Waals surface area contributed by atoms with E-state index in [0.717, 1.165) is 151 Å². The molecule has 2 aliphatic heterocycles. The van der Waals surface area contributed by atoms with Crippen molar-refractivity contribution in [2.24, 2.45) is 30.8 Å². The number of rotatable bonds is 32. The molecular weight excluding hydrogens is 1200 g/mol. The minimum absolute atomic E-state index is 0.141. The predicted molar refractivity (Wildman–Crippen MR) is 396 cm³/mol. The number of benzene rings is 8. The lowest BCUT2D eigenvalue weighted by atomic mass is 9.96. The van der Waals surface area contributed by atoms with E-state index >= 15 is 0 Å². The molecule has 0 saturated heterocycles. The number of nitrogens with one attached hydrogen (secondary N) is 2. The van der Waals surface area contributed by atoms with Gasteiger partial charge in [0.1, 0.15) is 57.6 Å². The topological polar surface area (TPSA) is 189 Å². The molecule has 0 saturated carbocycles. The summed E-state index contributed by atoms with van der Waals surface area (Å²) in [5.74, 6) is 6.80. The number of hydrazone groups is 1. The van der Waals surface area contributed by atoms with Gasteiger partial charge in [-0.2, -0.15) is 5.10 Å². The molecule has 16 heteroatoms. The van der Waals surface area contributed by atoms with E-state index in [-0.39, 0.29) is 12.4 Å². The van der Waals surface area contributed by atoms with Crippen LogP contribution in [-0.4, -0.2) is 87.8 Å². The van der Waals surface area contributed by atoms with E-state index < -0.39 is 0 Å². The van der Waals surface area contributed by atoms with Crippen molar-refractivity contribution in [1.29, 1.82) is 0 Å². The Hall–Kier alpha value is -9.31. The Morgan fingerprint density at radius 3 is 1.09 bits per heavy atom. The van der Waals surface area contributed by atoms with Crippen LogP contribution in [0.5, 0.6) is 46.0 Å². The number of unbranched alkanes of at least 4 members (excludes halogenated alkanes) is 8. The molecular formula is C80H96N8O8. The molecule has 2 aliphatic rings. The summed E-state index contributed by atoms with van der Waals surface area (Å²) in [5, 5.41) is 13.5. The van der Waals surface area contributed by atoms with E-state index in [1.807, 2.05) is 61.0 Å². The first-order valence-corrected chi connectivity index (χ1v) is 35.5. The van der Waals surface area contributed by atoms with Gasteiger partial charge in [0.05, 0.1) is 92.4 Å². The summed E-state index contributed by atoms with van der Waals surface area (Å²) >= 11 is 0. The summed E-state index contributed by atoms with van der Waals surface area (Å²) in [6.45, 7) is 21.1. The fourth-order valence-electron chi connectivity index (χ4n) is 12.4. The Balaban J connectivity index is 1.34. The Bertz CT molecular complexity index is 4360. The molecule has 504 valence electrons. The van der Waals surface area contributed by atoms with Crippen LogP contribution in [-0.2, 0) is 6.54 Å². The Labute approximate surface area is 565 Å². The molecule has 4 N–H and O–H groups in total. The monoisotopic (exact) mass is 1300 g/mol. The third kappa shape index (κ3) is 14.4. The molecule has 96 heavy (non-hydrogen) atoms. The molecule has 0 atom stereocenters. The number of aromatic nitrogens is 1. The molecule has 4 bridgehead atoms. The lowest BCUT2D eigenvalue weighted by molar-refractivity contribution is 0.302. The van der Waals surface area contributed by atoms with Crippen LogP contribution in [0.25, 0.3) is 53.9 Å². The van der Waals surface area contributed by atoms with Gasteiger partial charge in [-0.3, -0.25) is 0 Å². The zero-order valence-corrected chi connectivity index (χ0v) is 57.6. The van der Waals surface area contributed by atoms with Crippen LogP contribution in [0, 0.1) is 0 Å². The van der Waals surface area contributed by atoms with Crippen molar-refractivity contribution in [3.8, 4) is 46.0 Å². The van der Waals surface area contributed by atoms with Gasteiger partial charge in [-0.15, -0.1) is 0 Å². The molecule has 11 rings (SSSR count). The van der Waals surface area contributed by atoms with E-state index in [0.29, 0.717) is 161 Å². The highest BCUT2D eigenvalue weighted by Gasteiger charge is 2.35. The van der Waals surface area contributed by atoms with E-state index in [9.17, 15) is 0 Å². The van der Waals surface area contributed by atoms with Crippen LogP contribution >= 0.6 is 0 Å². The Morgan fingerprint density at radius 1 is 0.344 bits per heavy atom. The number of hydrogen-bond donors (Lipinski definition) is 3. The van der Waals surface area contributed by atoms with Crippen molar-refractivity contribution in [1.82, 2.24) is 10.4 Å². The molecule has 0 unspecified atom stereocenters. The normalized spacial score (nSPS) is 13.5. The average molecular weight is 1300 g/mol. The highest BCUT2D eigenvalue weighted by molar-refractivity contribution is 6.31. The van der Waals surface area contributed by atoms with E-state index in [1.165, 1.54) is 0 Å². The third-order valence-electron chi connectivity index (χ3n) is 17.5. The maximum Gasteiger partial charge on any atom is 0.168 e. The quantitative estimate of drug-likeness (QED) is 0.0342. The first-order chi connectivity index (χ1) is 47.3. The largest absolute Gasteiger partial charge is 0.493 e. The lowest BCUT2D eigenvalue weighted by Crippen LogP contribution is -2.23. The molecule has 0 radical (unpaired) electrons. The van der Waals surface area contributed by atoms with Gasteiger partial charge in [0.15, 0.2) is 17.5 Å². The minimum atomic E-state index is 0.141. The number of fused-ring (bicyclic) bond motifs is 15. The summed E-state index contributed by atoms with van der Waals surface area (Å²) in [6.07, 6.45) is 17.7. The number of nitrogens with zero attached hydrogens (tertiary/aromatic N) is 5. The highest BCUT2D eigenvalue weighted by atomic mass is 16.5. The second-order valence-corrected chi connectivity index (χ2v) is 24.7. The van der Waals surface area contributed by atoms with Gasteiger partial charge in [0.25, 0.3) is 0 Å². The van der Waals surface area contributed by atoms with Crippen LogP contribution in [0.2, 0.25) is 0 Å². The maximum absolute atomic E-state index is 7.60. The molecule has 0 spiro atoms. The molecule has 0 fully saturated rings. The van der Waals surface area contributed by atoms with Crippen LogP contribution < -0.4 is 49.1 Å². The SMILES string of the molecule is CCCCOc1c2c(c(OCCCC)c3ccccc13)CN/N=C(\N)c1c(c(OCCCC)c3ccccc3c1OCCCC)C=NC1=NC(=Nc3[nH]c(c4c(OCCCC)c5ccccc5c(OCCCC)c34)N=C2)c2c1c(OCCCC)c1ccccc1c2OCCCC. The number of aliphatic imine (C=N–C) groups is 4. The van der Waals surface area contributed by atoms with E-state index in [4.69, 9.17) is 68.7 Å². The number of nitrogens with two attached hydrogens (primary N) is 1. The van der Waals surface area contributed by atoms with E-state index in [1.54, 1.807) is 0 Å². The summed E-state index contributed by atoms with van der Waals surface area (Å²) in [6, 6.07) is 33.0. The zero-order chi connectivity index (χ0) is 66.8. The summed E-state index contributed by atoms with van der Waals surface area (Å²) in [7, 11) is 0. The first kappa shape index (κ1) is 68.1. The van der Waals surface area contributed by atoms with Crippen molar-refractivity contribution in [3.63, 3.8) is 0 Å². The summed E-state index contributed by atoms with van der Waals surface area (Å²) in [5.41, 5.74) is 14.9. The van der Waals surface area contributed by atoms with Crippen molar-refractivity contribution in [2.45, 2.75) is 165 Å². The standard InChI is InChI=1S/C80H96N8O8/c1-9-17-41-89-68-52-33-25-26-34-53(52)69(90-42-18-10-2)61-51-84-88-76(81)63-62(70(91-43-19-11-3)54-35-27-28-36-55(54)71(63)92-44-20-12-4)50-83-78-65-67(75(96-48-24-16-8)59-40-32-30-38-57(59)73(65)94-46-22-14-6)80(86-78)87-79-66-64(77(85-79)82-49-60(61)68)72(93-45-21-13-5)56-37-29-31-39-58(56)74(66)95-47-23-15-7/h25-40,49-50,84-85H,9-24,41-48,51H2,1-8H3,(H2,81,88). The van der Waals surface area contributed by atoms with Gasteiger partial charge in [0.2, 0.25) is 0 Å². The van der Waals surface area contributed by atoms with Crippen LogP contribution in [0.3, 0.4) is 0 Å². The minimum Gasteiger partial charge on any atom is -0.493 e. The van der Waals surface area contributed by atoms with Crippen molar-refractivity contribution >= 4 is 95.4 Å². The molecule has 9 aromatic rings. The predicted octanol–water partition coefficient (Wildman–Crippen LogP) is 19.6. The van der Waals surface area contributed by atoms with Crippen molar-refractivity contribution in [2.75, 3.05) is 52.9 Å². The average Bonchev–Trinajstić information content (AvgIpc) is 1.51. The number of ether oxygens (including phenoxy) is 8. The number of amidine groups is 3. The molecule has 0 aliphatic carbocycles. The van der Waals surface area contributed by atoms with Crippen molar-refractivity contribution < 1.29 is 37.9 Å². The Morgan fingerprint density at radius 2 is 0.667 bits per heavy atom. The molecule has 8 aromatic carbocycles. The van der Waals surface area contributed by atoms with Crippen LogP contribution in [0.15, 0.2) is 122 Å². The van der Waals surface area contributed by atoms with Gasteiger partial charge in [-0.1, -0.05) is 204 Å². The molecule has 0 amide bonds. The molecule has 1 aromatic heterocycles. The maximum atomic E-state index is 7.60. The second kappa shape index (κ2) is 33.4. The number of hydrogen-bond acceptors (Lipinski definition) is 15. The van der Waals surface area contributed by atoms with Gasteiger partial charge in [-0.05, 0) is 51.4 Å². The van der Waals surface area contributed by atoms with Crippen LogP contribution in [0.4, 0.5) is 11.6 Å². The van der Waals surface area contributed by atoms with Gasteiger partial charge >= 0.3 is 0 Å². The fourth-order valence-corrected chi connectivity index (χ4v) is 12.4. The van der Waals surface area contributed by atoms with Gasteiger partial charge in [0, 0.05) is 66.6 Å². The third-order valence-corrected chi connectivity index (χ3v) is 17.5. The Kier molecular flexibility index (Phi) is 23.7. The van der Waals surface area contributed by atoms with Crippen molar-refractivity contribution in [3.05, 3.63) is 130 Å². The fraction of sp³-hybridized carbons (Fsp3) is 0.412. The number of H-pyrrole nitrogens is 1. The van der Waals surface area contributed by atoms with E-state index in [2.05, 4.69) is 114 Å². The van der Waals surface area contributed by atoms with Gasteiger partial charge in [-0.25, -0.2) is 20.0 Å². The highest BCUT2D eigenvalue weighted by Crippen LogP contribution is 2.53. The van der Waals surface area contributed by atoms with Crippen LogP contribution in [0.1, 0.15) is 192 Å². The zero-order valence-electron chi connectivity index (χ0n) is 57.6. The second-order valence-electron chi connectivity index (χ2n) is 24.7. The van der Waals surface area contributed by atoms with Gasteiger partial charge < -0.3 is 54.0 Å². The summed E-state index contributed by atoms with van der Waals surface area (Å²) < 4.78 is 56.5. The smallest absolute Gasteiger partial charge is 0.168 e. The molecule has 16 nitrogen and oxygen atoms in total.